The maximum Gasteiger partial charge on any atom is 0.0662 e. The molecule has 0 amide bonds. The highest BCUT2D eigenvalue weighted by molar-refractivity contribution is 5.43. The Labute approximate surface area is 140 Å². The normalized spacial score (nSPS) is 20.5. The van der Waals surface area contributed by atoms with Crippen molar-refractivity contribution >= 4 is 5.70 Å². The molecular weight excluding hydrogens is 282 g/mol. The minimum Gasteiger partial charge on any atom is -0.311 e. The molecule has 0 bridgehead atoms. The zero-order valence-electron chi connectivity index (χ0n) is 14.5. The number of hydrogen-bond acceptors (Lipinski definition) is 2. The number of allylic oxidation sites excluding steroid dienone is 5. The van der Waals surface area contributed by atoms with Crippen molar-refractivity contribution in [2.24, 2.45) is 0 Å². The molecule has 0 radical (unpaired) electrons. The quantitative estimate of drug-likeness (QED) is 0.850. The highest BCUT2D eigenvalue weighted by Gasteiger charge is 2.22. The molecule has 0 fully saturated rings. The van der Waals surface area contributed by atoms with Crippen molar-refractivity contribution in [3.63, 3.8) is 0 Å². The summed E-state index contributed by atoms with van der Waals surface area (Å²) in [5, 5.41) is 8.43. The predicted octanol–water partition coefficient (Wildman–Crippen LogP) is 4.27. The molecule has 0 saturated carbocycles. The first-order valence-corrected chi connectivity index (χ1v) is 8.99. The monoisotopic (exact) mass is 311 g/mol. The van der Waals surface area contributed by atoms with Crippen molar-refractivity contribution in [2.75, 3.05) is 0 Å². The molecule has 1 aromatic rings. The van der Waals surface area contributed by atoms with Gasteiger partial charge in [0, 0.05) is 24.0 Å². The lowest BCUT2D eigenvalue weighted by Gasteiger charge is -2.24. The van der Waals surface area contributed by atoms with Crippen molar-refractivity contribution in [1.29, 1.82) is 0 Å². The largest absolute Gasteiger partial charge is 0.311 e. The first kappa shape index (κ1) is 16.3. The van der Waals surface area contributed by atoms with E-state index >= 15 is 0 Å². The van der Waals surface area contributed by atoms with Crippen LogP contribution in [-0.2, 0) is 12.8 Å². The summed E-state index contributed by atoms with van der Waals surface area (Å²) in [6.45, 7) is 8.69. The molecule has 3 nitrogen and oxygen atoms in total. The van der Waals surface area contributed by atoms with Crippen LogP contribution in [0.5, 0.6) is 0 Å². The number of aryl methyl sites for hydroxylation is 1. The Balaban J connectivity index is 1.59. The first-order valence-electron chi connectivity index (χ1n) is 8.99. The van der Waals surface area contributed by atoms with Crippen LogP contribution in [-0.4, -0.2) is 21.9 Å². The highest BCUT2D eigenvalue weighted by atomic mass is 15.3. The van der Waals surface area contributed by atoms with Gasteiger partial charge in [-0.1, -0.05) is 44.2 Å². The van der Waals surface area contributed by atoms with Crippen LogP contribution in [0.1, 0.15) is 57.2 Å². The second-order valence-electron chi connectivity index (χ2n) is 7.13. The van der Waals surface area contributed by atoms with Gasteiger partial charge in [0.05, 0.1) is 5.69 Å². The molecule has 1 unspecified atom stereocenters. The molecule has 1 atom stereocenters. The fraction of sp³-hybridized carbons (Fsp3) is 0.550. The Morgan fingerprint density at radius 3 is 3.04 bits per heavy atom. The summed E-state index contributed by atoms with van der Waals surface area (Å²) in [7, 11) is 0. The van der Waals surface area contributed by atoms with E-state index in [0.29, 0.717) is 12.1 Å². The zero-order valence-corrected chi connectivity index (χ0v) is 14.5. The van der Waals surface area contributed by atoms with Crippen LogP contribution in [0.2, 0.25) is 0 Å². The van der Waals surface area contributed by atoms with Crippen molar-refractivity contribution in [1.82, 2.24) is 15.1 Å². The van der Waals surface area contributed by atoms with Gasteiger partial charge < -0.3 is 5.32 Å². The predicted molar refractivity (Wildman–Crippen MR) is 97.3 cm³/mol. The molecule has 23 heavy (non-hydrogen) atoms. The van der Waals surface area contributed by atoms with E-state index in [9.17, 15) is 0 Å². The van der Waals surface area contributed by atoms with E-state index in [4.69, 9.17) is 5.10 Å². The lowest BCUT2D eigenvalue weighted by Crippen LogP contribution is -2.38. The standard InChI is InChI=1S/C20H29N3/c1-15(2)21-19-11-12-20-18(13-19)14-23(22-20)16(3)9-10-17-7-5-4-6-8-17/h5,7-8,14-15,19,21H,3-4,6,9-13H2,1-2H3. The van der Waals surface area contributed by atoms with Gasteiger partial charge >= 0.3 is 0 Å². The maximum atomic E-state index is 4.78. The van der Waals surface area contributed by atoms with E-state index in [0.717, 1.165) is 31.4 Å². The molecule has 0 aliphatic heterocycles. The number of hydrogen-bond donors (Lipinski definition) is 1. The molecule has 0 aromatic carbocycles. The molecule has 124 valence electrons. The highest BCUT2D eigenvalue weighted by Crippen LogP contribution is 2.24. The molecule has 3 rings (SSSR count). The minimum atomic E-state index is 0.545. The SMILES string of the molecule is C=C(CCC1=CCCC=C1)n1cc2c(n1)CCC(NC(C)C)C2. The molecule has 1 N–H and O–H groups in total. The number of aromatic nitrogens is 2. The van der Waals surface area contributed by atoms with Crippen molar-refractivity contribution in [2.45, 2.75) is 70.9 Å². The molecule has 1 heterocycles. The average molecular weight is 311 g/mol. The number of nitrogens with one attached hydrogen (secondary N) is 1. The van der Waals surface area contributed by atoms with Gasteiger partial charge in [0.1, 0.15) is 0 Å². The Hall–Kier alpha value is -1.61. The molecule has 3 heteroatoms. The minimum absolute atomic E-state index is 0.545. The molecule has 1 aromatic heterocycles. The molecular formula is C20H29N3. The summed E-state index contributed by atoms with van der Waals surface area (Å²) in [6, 6.07) is 1.13. The van der Waals surface area contributed by atoms with Gasteiger partial charge in [-0.05, 0) is 50.5 Å². The van der Waals surface area contributed by atoms with E-state index in [2.05, 4.69) is 50.2 Å². The van der Waals surface area contributed by atoms with E-state index in [1.807, 2.05) is 4.68 Å². The van der Waals surface area contributed by atoms with Gasteiger partial charge in [0.15, 0.2) is 0 Å². The molecule has 0 saturated heterocycles. The van der Waals surface area contributed by atoms with E-state index in [-0.39, 0.29) is 0 Å². The Morgan fingerprint density at radius 1 is 1.43 bits per heavy atom. The molecule has 2 aliphatic rings. The number of nitrogens with zero attached hydrogens (tertiary/aromatic N) is 2. The smallest absolute Gasteiger partial charge is 0.0662 e. The molecule has 2 aliphatic carbocycles. The fourth-order valence-corrected chi connectivity index (χ4v) is 3.54. The van der Waals surface area contributed by atoms with Gasteiger partial charge in [0.25, 0.3) is 0 Å². The van der Waals surface area contributed by atoms with Crippen LogP contribution in [0.3, 0.4) is 0 Å². The number of fused-ring (bicyclic) bond motifs is 1. The van der Waals surface area contributed by atoms with Gasteiger partial charge in [-0.2, -0.15) is 5.10 Å². The van der Waals surface area contributed by atoms with Gasteiger partial charge in [-0.25, -0.2) is 4.68 Å². The third-order valence-corrected chi connectivity index (χ3v) is 4.74. The van der Waals surface area contributed by atoms with Crippen molar-refractivity contribution in [3.8, 4) is 0 Å². The zero-order chi connectivity index (χ0) is 16.2. The average Bonchev–Trinajstić information content (AvgIpc) is 2.96. The summed E-state index contributed by atoms with van der Waals surface area (Å²) in [5.74, 6) is 0. The van der Waals surface area contributed by atoms with Crippen LogP contribution >= 0.6 is 0 Å². The van der Waals surface area contributed by atoms with Gasteiger partial charge in [-0.3, -0.25) is 0 Å². The van der Waals surface area contributed by atoms with E-state index < -0.39 is 0 Å². The van der Waals surface area contributed by atoms with Gasteiger partial charge in [0.2, 0.25) is 0 Å². The second-order valence-corrected chi connectivity index (χ2v) is 7.13. The Morgan fingerprint density at radius 2 is 2.30 bits per heavy atom. The van der Waals surface area contributed by atoms with Crippen molar-refractivity contribution in [3.05, 3.63) is 47.8 Å². The summed E-state index contributed by atoms with van der Waals surface area (Å²) in [5.41, 5.74) is 5.21. The summed E-state index contributed by atoms with van der Waals surface area (Å²) >= 11 is 0. The lowest BCUT2D eigenvalue weighted by molar-refractivity contribution is 0.420. The fourth-order valence-electron chi connectivity index (χ4n) is 3.54. The van der Waals surface area contributed by atoms with Crippen molar-refractivity contribution < 1.29 is 0 Å². The Kier molecular flexibility index (Phi) is 5.16. The summed E-state index contributed by atoms with van der Waals surface area (Å²) in [4.78, 5) is 0. The van der Waals surface area contributed by atoms with Crippen LogP contribution in [0.15, 0.2) is 36.6 Å². The third-order valence-electron chi connectivity index (χ3n) is 4.74. The maximum absolute atomic E-state index is 4.78. The third kappa shape index (κ3) is 4.23. The summed E-state index contributed by atoms with van der Waals surface area (Å²) < 4.78 is 2.02. The van der Waals surface area contributed by atoms with Gasteiger partial charge in [-0.15, -0.1) is 0 Å². The van der Waals surface area contributed by atoms with E-state index in [1.165, 1.54) is 36.1 Å². The second kappa shape index (κ2) is 7.31. The summed E-state index contributed by atoms with van der Waals surface area (Å²) in [6.07, 6.45) is 16.8. The molecule has 0 spiro atoms. The van der Waals surface area contributed by atoms with Crippen LogP contribution in [0.4, 0.5) is 0 Å². The topological polar surface area (TPSA) is 29.9 Å². The lowest BCUT2D eigenvalue weighted by atomic mass is 9.93. The van der Waals surface area contributed by atoms with Crippen LogP contribution < -0.4 is 5.32 Å². The van der Waals surface area contributed by atoms with Crippen LogP contribution in [0, 0.1) is 0 Å². The number of rotatable bonds is 6. The van der Waals surface area contributed by atoms with Crippen LogP contribution in [0.25, 0.3) is 5.70 Å². The first-order chi connectivity index (χ1) is 11.1. The Bertz CT molecular complexity index is 619. The van der Waals surface area contributed by atoms with E-state index in [1.54, 1.807) is 0 Å².